The molecule has 130 valence electrons. The van der Waals surface area contributed by atoms with Crippen LogP contribution in [0.3, 0.4) is 0 Å². The molecule has 0 bridgehead atoms. The van der Waals surface area contributed by atoms with E-state index in [0.29, 0.717) is 22.7 Å². The van der Waals surface area contributed by atoms with Gasteiger partial charge in [0.05, 0.1) is 0 Å². The molecule has 0 radical (unpaired) electrons. The van der Waals surface area contributed by atoms with Crippen LogP contribution in [0.25, 0.3) is 5.52 Å². The van der Waals surface area contributed by atoms with Gasteiger partial charge in [-0.1, -0.05) is 11.6 Å². The highest BCUT2D eigenvalue weighted by atomic mass is 79.9. The number of amides is 1. The van der Waals surface area contributed by atoms with Gasteiger partial charge in [0.2, 0.25) is 0 Å². The van der Waals surface area contributed by atoms with Gasteiger partial charge in [-0.05, 0) is 49.5 Å². The summed E-state index contributed by atoms with van der Waals surface area (Å²) >= 11 is 9.60. The van der Waals surface area contributed by atoms with Crippen molar-refractivity contribution in [3.8, 4) is 0 Å². The number of imidazole rings is 1. The van der Waals surface area contributed by atoms with Crippen LogP contribution in [0.15, 0.2) is 17.0 Å². The summed E-state index contributed by atoms with van der Waals surface area (Å²) in [5, 5.41) is 0.401. The molecule has 0 aromatic carbocycles. The van der Waals surface area contributed by atoms with E-state index in [0.717, 1.165) is 24.2 Å². The van der Waals surface area contributed by atoms with Crippen LogP contribution in [-0.4, -0.2) is 43.5 Å². The minimum atomic E-state index is -0.494. The number of fused-ring (bicyclic) bond motifs is 1. The molecule has 0 N–H and O–H groups in total. The lowest BCUT2D eigenvalue weighted by molar-refractivity contribution is 0.0225. The number of carbonyl (C=O) groups excluding carboxylic acids is 1. The number of rotatable bonds is 2. The SMILES string of the molecule is CC(C)(C)OC(=O)N1CCC[C@H]1Cc1nc(Br)c2c(Cl)nccn12. The van der Waals surface area contributed by atoms with E-state index in [1.807, 2.05) is 36.3 Å². The Morgan fingerprint density at radius 1 is 1.50 bits per heavy atom. The maximum absolute atomic E-state index is 12.4. The van der Waals surface area contributed by atoms with Crippen molar-refractivity contribution >= 4 is 39.1 Å². The number of carbonyl (C=O) groups is 1. The summed E-state index contributed by atoms with van der Waals surface area (Å²) in [7, 11) is 0. The number of hydrogen-bond acceptors (Lipinski definition) is 4. The van der Waals surface area contributed by atoms with E-state index in [1.54, 1.807) is 6.20 Å². The molecule has 24 heavy (non-hydrogen) atoms. The third-order valence-corrected chi connectivity index (χ3v) is 4.79. The molecule has 3 heterocycles. The largest absolute Gasteiger partial charge is 0.444 e. The van der Waals surface area contributed by atoms with Gasteiger partial charge >= 0.3 is 6.09 Å². The zero-order chi connectivity index (χ0) is 17.5. The Balaban J connectivity index is 1.83. The summed E-state index contributed by atoms with van der Waals surface area (Å²) in [5.74, 6) is 0.849. The molecule has 6 nitrogen and oxygen atoms in total. The minimum absolute atomic E-state index is 0.0734. The second kappa shape index (κ2) is 6.52. The van der Waals surface area contributed by atoms with Gasteiger partial charge in [-0.3, -0.25) is 4.40 Å². The van der Waals surface area contributed by atoms with Crippen LogP contribution in [0.1, 0.15) is 39.4 Å². The van der Waals surface area contributed by atoms with Crippen molar-refractivity contribution in [2.75, 3.05) is 6.54 Å². The first kappa shape index (κ1) is 17.5. The molecule has 0 spiro atoms. The Bertz CT molecular complexity index is 771. The van der Waals surface area contributed by atoms with Crippen molar-refractivity contribution in [3.63, 3.8) is 0 Å². The van der Waals surface area contributed by atoms with E-state index in [9.17, 15) is 4.79 Å². The summed E-state index contributed by atoms with van der Waals surface area (Å²) < 4.78 is 8.11. The smallest absolute Gasteiger partial charge is 0.410 e. The predicted molar refractivity (Wildman–Crippen MR) is 95.4 cm³/mol. The minimum Gasteiger partial charge on any atom is -0.444 e. The molecule has 1 fully saturated rings. The first-order chi connectivity index (χ1) is 11.3. The van der Waals surface area contributed by atoms with E-state index in [4.69, 9.17) is 16.3 Å². The maximum Gasteiger partial charge on any atom is 0.410 e. The normalized spacial score (nSPS) is 18.4. The molecule has 0 unspecified atom stereocenters. The average molecular weight is 416 g/mol. The molecule has 3 rings (SSSR count). The van der Waals surface area contributed by atoms with Crippen LogP contribution in [0.2, 0.25) is 5.15 Å². The second-order valence-corrected chi connectivity index (χ2v) is 8.04. The number of hydrogen-bond donors (Lipinski definition) is 0. The van der Waals surface area contributed by atoms with Crippen molar-refractivity contribution in [1.29, 1.82) is 0 Å². The van der Waals surface area contributed by atoms with Crippen LogP contribution >= 0.6 is 27.5 Å². The van der Waals surface area contributed by atoms with Crippen molar-refractivity contribution in [2.45, 2.75) is 51.7 Å². The summed E-state index contributed by atoms with van der Waals surface area (Å²) in [5.41, 5.74) is 0.253. The van der Waals surface area contributed by atoms with Gasteiger partial charge in [-0.25, -0.2) is 14.8 Å². The van der Waals surface area contributed by atoms with Gasteiger partial charge in [0.15, 0.2) is 5.15 Å². The Morgan fingerprint density at radius 3 is 2.96 bits per heavy atom. The molecule has 0 saturated carbocycles. The first-order valence-electron chi connectivity index (χ1n) is 7.93. The number of nitrogens with zero attached hydrogens (tertiary/aromatic N) is 4. The number of ether oxygens (including phenoxy) is 1. The van der Waals surface area contributed by atoms with E-state index in [2.05, 4.69) is 25.9 Å². The number of likely N-dealkylation sites (tertiary alicyclic amines) is 1. The van der Waals surface area contributed by atoms with Crippen LogP contribution in [0, 0.1) is 0 Å². The van der Waals surface area contributed by atoms with Crippen LogP contribution in [-0.2, 0) is 11.2 Å². The van der Waals surface area contributed by atoms with E-state index >= 15 is 0 Å². The third kappa shape index (κ3) is 3.52. The Morgan fingerprint density at radius 2 is 2.25 bits per heavy atom. The van der Waals surface area contributed by atoms with Gasteiger partial charge in [0.1, 0.15) is 21.5 Å². The third-order valence-electron chi connectivity index (χ3n) is 3.96. The molecule has 1 saturated heterocycles. The van der Waals surface area contributed by atoms with Crippen LogP contribution in [0.5, 0.6) is 0 Å². The van der Waals surface area contributed by atoms with Gasteiger partial charge < -0.3 is 9.64 Å². The molecule has 2 aromatic heterocycles. The average Bonchev–Trinajstić information content (AvgIpc) is 3.04. The predicted octanol–water partition coefficient (Wildman–Crippen LogP) is 4.09. The summed E-state index contributed by atoms with van der Waals surface area (Å²) in [6.45, 7) is 6.35. The molecular formula is C16H20BrClN4O2. The fraction of sp³-hybridized carbons (Fsp3) is 0.562. The molecule has 8 heteroatoms. The highest BCUT2D eigenvalue weighted by Crippen LogP contribution is 2.28. The van der Waals surface area contributed by atoms with Crippen LogP contribution in [0.4, 0.5) is 4.79 Å². The lowest BCUT2D eigenvalue weighted by Crippen LogP contribution is -2.40. The molecule has 1 aliphatic rings. The van der Waals surface area contributed by atoms with E-state index < -0.39 is 5.60 Å². The van der Waals surface area contributed by atoms with Gasteiger partial charge in [-0.15, -0.1) is 0 Å². The molecule has 2 aromatic rings. The highest BCUT2D eigenvalue weighted by molar-refractivity contribution is 9.10. The molecule has 1 amide bonds. The van der Waals surface area contributed by atoms with E-state index in [-0.39, 0.29) is 12.1 Å². The van der Waals surface area contributed by atoms with Gasteiger partial charge in [0.25, 0.3) is 0 Å². The van der Waals surface area contributed by atoms with Crippen molar-refractivity contribution in [2.24, 2.45) is 0 Å². The quantitative estimate of drug-likeness (QED) is 0.741. The zero-order valence-corrected chi connectivity index (χ0v) is 16.3. The second-order valence-electron chi connectivity index (χ2n) is 6.93. The molecule has 1 atom stereocenters. The van der Waals surface area contributed by atoms with Gasteiger partial charge in [0, 0.05) is 31.4 Å². The molecule has 1 aliphatic heterocycles. The topological polar surface area (TPSA) is 59.7 Å². The summed E-state index contributed by atoms with van der Waals surface area (Å²) in [4.78, 5) is 22.9. The van der Waals surface area contributed by atoms with Crippen LogP contribution < -0.4 is 0 Å². The Hall–Kier alpha value is -1.34. The lowest BCUT2D eigenvalue weighted by atomic mass is 10.1. The molecule has 0 aliphatic carbocycles. The standard InChI is InChI=1S/C16H20BrClN4O2/c1-16(2,3)24-15(23)21-7-4-5-10(21)9-11-20-13(17)12-14(18)19-6-8-22(11)12/h6,8,10H,4-5,7,9H2,1-3H3/t10-/m0/s1. The number of aromatic nitrogens is 3. The van der Waals surface area contributed by atoms with E-state index in [1.165, 1.54) is 0 Å². The Labute approximate surface area is 154 Å². The fourth-order valence-corrected chi connectivity index (χ4v) is 3.92. The molecular weight excluding hydrogens is 396 g/mol. The van der Waals surface area contributed by atoms with Crippen molar-refractivity contribution < 1.29 is 9.53 Å². The number of halogens is 2. The maximum atomic E-state index is 12.4. The summed E-state index contributed by atoms with van der Waals surface area (Å²) in [6, 6.07) is 0.0734. The summed E-state index contributed by atoms with van der Waals surface area (Å²) in [6.07, 6.45) is 5.77. The van der Waals surface area contributed by atoms with Gasteiger partial charge in [-0.2, -0.15) is 0 Å². The lowest BCUT2D eigenvalue weighted by Gasteiger charge is -2.28. The first-order valence-corrected chi connectivity index (χ1v) is 9.10. The highest BCUT2D eigenvalue weighted by Gasteiger charge is 2.33. The Kier molecular flexibility index (Phi) is 4.75. The van der Waals surface area contributed by atoms with Crippen molar-refractivity contribution in [3.05, 3.63) is 28.0 Å². The van der Waals surface area contributed by atoms with Crippen molar-refractivity contribution in [1.82, 2.24) is 19.3 Å². The monoisotopic (exact) mass is 414 g/mol. The fourth-order valence-electron chi connectivity index (χ4n) is 2.98. The zero-order valence-electron chi connectivity index (χ0n) is 13.9.